The van der Waals surface area contributed by atoms with E-state index in [1.807, 2.05) is 13.8 Å². The number of halogens is 1. The van der Waals surface area contributed by atoms with Gasteiger partial charge in [0.2, 0.25) is 0 Å². The smallest absolute Gasteiger partial charge is 0.327 e. The van der Waals surface area contributed by atoms with Crippen molar-refractivity contribution in [3.8, 4) is 0 Å². The van der Waals surface area contributed by atoms with Crippen molar-refractivity contribution in [3.05, 3.63) is 59.3 Å². The third-order valence-electron chi connectivity index (χ3n) is 6.76. The van der Waals surface area contributed by atoms with Gasteiger partial charge in [-0.3, -0.25) is 14.3 Å². The number of hydrogen-bond acceptors (Lipinski definition) is 4. The fourth-order valence-electron chi connectivity index (χ4n) is 5.20. The molecule has 5 rings (SSSR count). The maximum absolute atomic E-state index is 15.3. The second-order valence-electron chi connectivity index (χ2n) is 8.84. The van der Waals surface area contributed by atoms with Crippen molar-refractivity contribution in [3.63, 3.8) is 0 Å². The van der Waals surface area contributed by atoms with E-state index in [1.165, 1.54) is 16.5 Å². The molecule has 5 nitrogen and oxygen atoms in total. The summed E-state index contributed by atoms with van der Waals surface area (Å²) in [6, 6.07) is 2.32. The first-order valence-corrected chi connectivity index (χ1v) is 11.3. The zero-order valence-corrected chi connectivity index (χ0v) is 17.5. The number of rotatable bonds is 3. The van der Waals surface area contributed by atoms with E-state index in [0.717, 1.165) is 37.0 Å². The summed E-state index contributed by atoms with van der Waals surface area (Å²) in [6.07, 6.45) is 6.38. The van der Waals surface area contributed by atoms with Crippen LogP contribution in [-0.2, 0) is 6.42 Å². The molecule has 4 atom stereocenters. The Bertz CT molecular complexity index is 1120. The molecule has 0 amide bonds. The van der Waals surface area contributed by atoms with E-state index in [1.54, 1.807) is 15.9 Å². The summed E-state index contributed by atoms with van der Waals surface area (Å²) in [5.74, 6) is -0.723. The van der Waals surface area contributed by atoms with Crippen LogP contribution in [0.3, 0.4) is 0 Å². The summed E-state index contributed by atoms with van der Waals surface area (Å²) in [7, 11) is 0. The molecule has 29 heavy (non-hydrogen) atoms. The summed E-state index contributed by atoms with van der Waals surface area (Å²) >= 11 is 1.67. The van der Waals surface area contributed by atoms with E-state index in [2.05, 4.69) is 11.1 Å². The minimum atomic E-state index is -0.496. The number of hydrogen-bond donors (Lipinski definition) is 2. The van der Waals surface area contributed by atoms with Crippen LogP contribution in [0, 0.1) is 0 Å². The Hall–Kier alpha value is -1.99. The number of aromatic nitrogens is 2. The Labute approximate surface area is 172 Å². The maximum atomic E-state index is 15.3. The van der Waals surface area contributed by atoms with Crippen LogP contribution in [0.1, 0.15) is 89.9 Å². The van der Waals surface area contributed by atoms with Crippen molar-refractivity contribution in [1.82, 2.24) is 9.55 Å². The van der Waals surface area contributed by atoms with Crippen molar-refractivity contribution in [1.29, 1.82) is 0 Å². The fourth-order valence-corrected chi connectivity index (χ4v) is 6.69. The molecule has 2 heterocycles. The molecule has 1 fully saturated rings. The molecule has 3 N–H and O–H groups in total. The summed E-state index contributed by atoms with van der Waals surface area (Å²) < 4.78 is 17.0. The van der Waals surface area contributed by atoms with Crippen LogP contribution in [0.5, 0.6) is 0 Å². The van der Waals surface area contributed by atoms with E-state index in [-0.39, 0.29) is 29.5 Å². The van der Waals surface area contributed by atoms with Crippen LogP contribution in [-0.4, -0.2) is 15.6 Å². The van der Waals surface area contributed by atoms with Gasteiger partial charge in [-0.2, -0.15) is 0 Å². The van der Waals surface area contributed by atoms with Gasteiger partial charge in [-0.05, 0) is 62.7 Å². The topological polar surface area (TPSA) is 80.9 Å². The highest BCUT2D eigenvalue weighted by Gasteiger charge is 2.39. The van der Waals surface area contributed by atoms with Crippen LogP contribution in [0.15, 0.2) is 21.5 Å². The lowest BCUT2D eigenvalue weighted by atomic mass is 9.79. The van der Waals surface area contributed by atoms with Crippen molar-refractivity contribution >= 4 is 17.4 Å². The van der Waals surface area contributed by atoms with Gasteiger partial charge < -0.3 is 5.73 Å². The van der Waals surface area contributed by atoms with Gasteiger partial charge in [-0.15, -0.1) is 11.3 Å². The molecule has 0 saturated heterocycles. The van der Waals surface area contributed by atoms with E-state index in [0.29, 0.717) is 17.2 Å². The van der Waals surface area contributed by atoms with E-state index in [4.69, 9.17) is 5.73 Å². The normalized spacial score (nSPS) is 27.2. The average molecular weight is 416 g/mol. The molecular weight excluding hydrogens is 389 g/mol. The Morgan fingerprint density at radius 3 is 2.76 bits per heavy atom. The lowest BCUT2D eigenvalue weighted by Crippen LogP contribution is -2.37. The Morgan fingerprint density at radius 2 is 2.07 bits per heavy atom. The van der Waals surface area contributed by atoms with Crippen molar-refractivity contribution < 1.29 is 4.39 Å². The van der Waals surface area contributed by atoms with Gasteiger partial charge in [0.05, 0.1) is 11.5 Å². The molecule has 0 bridgehead atoms. The predicted molar refractivity (Wildman–Crippen MR) is 113 cm³/mol. The number of thiophene rings is 1. The highest BCUT2D eigenvalue weighted by Crippen LogP contribution is 2.50. The first kappa shape index (κ1) is 19.0. The van der Waals surface area contributed by atoms with Crippen LogP contribution in [0.4, 0.5) is 4.39 Å². The van der Waals surface area contributed by atoms with Crippen molar-refractivity contribution in [2.45, 2.75) is 75.8 Å². The van der Waals surface area contributed by atoms with Crippen LogP contribution in [0.2, 0.25) is 0 Å². The first-order chi connectivity index (χ1) is 13.9. The van der Waals surface area contributed by atoms with Crippen molar-refractivity contribution in [2.24, 2.45) is 5.73 Å². The quantitative estimate of drug-likeness (QED) is 0.797. The first-order valence-electron chi connectivity index (χ1n) is 10.5. The number of nitrogens with zero attached hydrogens (tertiary/aromatic N) is 1. The minimum absolute atomic E-state index is 0.0694. The molecule has 0 aromatic carbocycles. The van der Waals surface area contributed by atoms with Gasteiger partial charge in [0, 0.05) is 33.4 Å². The van der Waals surface area contributed by atoms with Gasteiger partial charge in [0.25, 0.3) is 5.56 Å². The molecule has 0 spiro atoms. The number of nitrogens with two attached hydrogens (primary N) is 1. The molecule has 0 radical (unpaired) electrons. The van der Waals surface area contributed by atoms with E-state index >= 15 is 4.39 Å². The second-order valence-corrected chi connectivity index (χ2v) is 10.0. The summed E-state index contributed by atoms with van der Waals surface area (Å²) in [5, 5.41) is 0. The summed E-state index contributed by atoms with van der Waals surface area (Å²) in [5.41, 5.74) is 7.60. The summed E-state index contributed by atoms with van der Waals surface area (Å²) in [4.78, 5) is 29.6. The number of aryl methyl sites for hydroxylation is 1. The lowest BCUT2D eigenvalue weighted by Gasteiger charge is -2.29. The predicted octanol–water partition coefficient (Wildman–Crippen LogP) is 3.91. The number of H-pyrrole nitrogens is 1. The Morgan fingerprint density at radius 1 is 1.31 bits per heavy atom. The second kappa shape index (κ2) is 6.77. The molecule has 3 aliphatic rings. The monoisotopic (exact) mass is 415 g/mol. The highest BCUT2D eigenvalue weighted by molar-refractivity contribution is 7.12. The van der Waals surface area contributed by atoms with Gasteiger partial charge in [-0.1, -0.05) is 6.92 Å². The molecule has 2 aromatic heterocycles. The molecular formula is C22H26FN3O2S. The van der Waals surface area contributed by atoms with Gasteiger partial charge in [0.1, 0.15) is 5.83 Å². The van der Waals surface area contributed by atoms with Gasteiger partial charge >= 0.3 is 5.69 Å². The van der Waals surface area contributed by atoms with E-state index in [9.17, 15) is 9.59 Å². The SMILES string of the molecule is CC(N)C1CCCc2sc(C3C(F)=Cc4c(n(C5CC5)c(=O)[nH]c4=O)C3C)cc21. The molecule has 3 aliphatic carbocycles. The highest BCUT2D eigenvalue weighted by atomic mass is 32.1. The largest absolute Gasteiger partial charge is 0.328 e. The molecule has 1 saturated carbocycles. The average Bonchev–Trinajstić information content (AvgIpc) is 3.40. The standard InChI is InChI=1S/C22H26FN3O2S/c1-10-19(18-9-14-13(11(2)24)4-3-5-17(14)29-18)16(23)8-15-20(10)26(12-6-7-12)22(28)25-21(15)27/h8-13,19H,3-7,24H2,1-2H3,(H,25,27,28). The molecule has 2 aromatic rings. The molecule has 7 heteroatoms. The summed E-state index contributed by atoms with van der Waals surface area (Å²) in [6.45, 7) is 3.98. The minimum Gasteiger partial charge on any atom is -0.327 e. The zero-order valence-electron chi connectivity index (χ0n) is 16.7. The number of nitrogens with one attached hydrogen (secondary N) is 1. The van der Waals surface area contributed by atoms with Gasteiger partial charge in [-0.25, -0.2) is 9.18 Å². The van der Waals surface area contributed by atoms with Crippen LogP contribution in [0.25, 0.3) is 6.08 Å². The third kappa shape index (κ3) is 2.97. The Kier molecular flexibility index (Phi) is 4.44. The Balaban J connectivity index is 1.64. The zero-order chi connectivity index (χ0) is 20.4. The van der Waals surface area contributed by atoms with Gasteiger partial charge in [0.15, 0.2) is 0 Å². The third-order valence-corrected chi connectivity index (χ3v) is 8.06. The maximum Gasteiger partial charge on any atom is 0.328 e. The van der Waals surface area contributed by atoms with Crippen LogP contribution >= 0.6 is 11.3 Å². The fraction of sp³-hybridized carbons (Fsp3) is 0.545. The van der Waals surface area contributed by atoms with Crippen LogP contribution < -0.4 is 17.0 Å². The number of allylic oxidation sites excluding steroid dienone is 1. The molecule has 154 valence electrons. The molecule has 4 unspecified atom stereocenters. The number of fused-ring (bicyclic) bond motifs is 2. The number of aromatic amines is 1. The van der Waals surface area contributed by atoms with E-state index < -0.39 is 11.5 Å². The lowest BCUT2D eigenvalue weighted by molar-refractivity contribution is 0.467. The molecule has 0 aliphatic heterocycles. The van der Waals surface area contributed by atoms with Crippen molar-refractivity contribution in [2.75, 3.05) is 0 Å².